The van der Waals surface area contributed by atoms with Crippen LogP contribution >= 0.6 is 0 Å². The maximum atomic E-state index is 5.13. The summed E-state index contributed by atoms with van der Waals surface area (Å²) < 4.78 is 1.11. The summed E-state index contributed by atoms with van der Waals surface area (Å²) >= 11 is 3.44. The molecular weight excluding hydrogens is 710 g/mol. The van der Waals surface area contributed by atoms with E-state index in [2.05, 4.69) is 174 Å². The average Bonchev–Trinajstić information content (AvgIpc) is 3.24. The second-order valence-corrected chi connectivity index (χ2v) is 13.8. The second-order valence-electron chi connectivity index (χ2n) is 13.0. The van der Waals surface area contributed by atoms with Crippen LogP contribution in [-0.4, -0.2) is 31.0 Å². The topological polar surface area (TPSA) is 38.7 Å². The van der Waals surface area contributed by atoms with E-state index in [0.29, 0.717) is 17.5 Å². The fourth-order valence-corrected chi connectivity index (χ4v) is 7.76. The Labute approximate surface area is 317 Å². The van der Waals surface area contributed by atoms with Crippen LogP contribution in [0.25, 0.3) is 89.4 Å². The molecule has 249 valence electrons. The summed E-state index contributed by atoms with van der Waals surface area (Å²) in [5.74, 6) is 1.91. The molecule has 0 aliphatic rings. The number of rotatable bonds is 7. The maximum absolute atomic E-state index is 5.13. The van der Waals surface area contributed by atoms with Crippen molar-refractivity contribution >= 4 is 31.2 Å². The fourth-order valence-electron chi connectivity index (χ4n) is 7.00. The first kappa shape index (κ1) is 32.5. The quantitative estimate of drug-likeness (QED) is 0.153. The Morgan fingerprint density at radius 1 is 0.264 bits per heavy atom. The predicted octanol–water partition coefficient (Wildman–Crippen LogP) is 11.5. The second kappa shape index (κ2) is 14.3. The van der Waals surface area contributed by atoms with Gasteiger partial charge in [-0.2, -0.15) is 0 Å². The molecule has 1 aromatic heterocycles. The van der Waals surface area contributed by atoms with Crippen molar-refractivity contribution in [1.29, 1.82) is 0 Å². The van der Waals surface area contributed by atoms with Crippen LogP contribution in [0.15, 0.2) is 194 Å². The minimum atomic E-state index is 0.637. The van der Waals surface area contributed by atoms with Gasteiger partial charge in [-0.05, 0) is 11.1 Å². The van der Waals surface area contributed by atoms with E-state index < -0.39 is 0 Å². The Morgan fingerprint density at radius 3 is 1.32 bits per heavy atom. The van der Waals surface area contributed by atoms with Crippen LogP contribution in [0.2, 0.25) is 0 Å². The molecule has 0 amide bonds. The fraction of sp³-hybridized carbons (Fsp3) is 0. The molecule has 0 fully saturated rings. The molecule has 8 aromatic carbocycles. The van der Waals surface area contributed by atoms with Gasteiger partial charge < -0.3 is 0 Å². The van der Waals surface area contributed by atoms with Crippen molar-refractivity contribution in [2.45, 2.75) is 0 Å². The van der Waals surface area contributed by atoms with E-state index in [4.69, 9.17) is 15.0 Å². The zero-order valence-electron chi connectivity index (χ0n) is 28.7. The minimum absolute atomic E-state index is 0.637. The van der Waals surface area contributed by atoms with Gasteiger partial charge in [-0.1, -0.05) is 36.4 Å². The molecule has 0 saturated carbocycles. The van der Waals surface area contributed by atoms with Gasteiger partial charge in [0.05, 0.1) is 0 Å². The molecule has 9 rings (SSSR count). The van der Waals surface area contributed by atoms with Crippen LogP contribution < -0.4 is 4.46 Å². The zero-order chi connectivity index (χ0) is 35.6. The Morgan fingerprint density at radius 2 is 0.660 bits per heavy atom. The molecule has 1 radical (unpaired) electrons. The summed E-state index contributed by atoms with van der Waals surface area (Å²) in [5, 5.41) is 2.21. The number of aromatic nitrogens is 3. The summed E-state index contributed by atoms with van der Waals surface area (Å²) in [6.45, 7) is 0. The molecule has 0 N–H and O–H groups in total. The van der Waals surface area contributed by atoms with E-state index in [1.165, 1.54) is 27.8 Å². The third-order valence-electron chi connectivity index (χ3n) is 9.67. The van der Waals surface area contributed by atoms with Gasteiger partial charge in [0.15, 0.2) is 0 Å². The van der Waals surface area contributed by atoms with Crippen LogP contribution in [0.5, 0.6) is 0 Å². The van der Waals surface area contributed by atoms with Gasteiger partial charge in [0.1, 0.15) is 0 Å². The average molecular weight is 742 g/mol. The molecule has 1 heterocycles. The Bertz CT molecular complexity index is 2710. The molecular formula is C49H32N3Se. The summed E-state index contributed by atoms with van der Waals surface area (Å²) in [6, 6.07) is 67.7. The summed E-state index contributed by atoms with van der Waals surface area (Å²) in [6.07, 6.45) is 0. The van der Waals surface area contributed by atoms with Gasteiger partial charge >= 0.3 is 271 Å². The van der Waals surface area contributed by atoms with E-state index in [-0.39, 0.29) is 0 Å². The van der Waals surface area contributed by atoms with Crippen molar-refractivity contribution in [3.05, 3.63) is 194 Å². The first-order chi connectivity index (χ1) is 26.2. The third-order valence-corrected chi connectivity index (χ3v) is 10.6. The van der Waals surface area contributed by atoms with Gasteiger partial charge in [-0.3, -0.25) is 0 Å². The Balaban J connectivity index is 1.15. The van der Waals surface area contributed by atoms with Gasteiger partial charge in [-0.15, -0.1) is 0 Å². The summed E-state index contributed by atoms with van der Waals surface area (Å²) in [4.78, 5) is 15.2. The molecule has 0 unspecified atom stereocenters. The van der Waals surface area contributed by atoms with Crippen molar-refractivity contribution in [2.75, 3.05) is 0 Å². The SMILES string of the molecule is [Se]c1c(-c2cccc(-c3ccccc3)c2)cccc1-c1cccc2c(-c3nc(-c4ccccc4)nc(-c4ccc(-c5ccccc5)cc4)n3)cccc12. The van der Waals surface area contributed by atoms with Gasteiger partial charge in [-0.25, -0.2) is 0 Å². The Kier molecular flexibility index (Phi) is 8.75. The van der Waals surface area contributed by atoms with Crippen LogP contribution in [0.4, 0.5) is 0 Å². The molecule has 0 aliphatic carbocycles. The normalized spacial score (nSPS) is 11.1. The van der Waals surface area contributed by atoms with Gasteiger partial charge in [0, 0.05) is 0 Å². The number of hydrogen-bond acceptors (Lipinski definition) is 3. The first-order valence-electron chi connectivity index (χ1n) is 17.7. The molecule has 9 aromatic rings. The van der Waals surface area contributed by atoms with E-state index in [1.807, 2.05) is 36.4 Å². The molecule has 0 bridgehead atoms. The number of fused-ring (bicyclic) bond motifs is 1. The summed E-state index contributed by atoms with van der Waals surface area (Å²) in [5.41, 5.74) is 12.2. The summed E-state index contributed by atoms with van der Waals surface area (Å²) in [7, 11) is 0. The van der Waals surface area contributed by atoms with Crippen molar-refractivity contribution < 1.29 is 0 Å². The standard InChI is InChI=1S/C49H32N3Se/c53-46-40(39-21-10-20-38(32-39)34-16-6-2-7-17-34)22-11-26-44(46)42-24-12-25-43-41(42)23-13-27-45(43)49-51-47(36-18-8-3-9-19-36)50-48(52-49)37-30-28-35(29-31-37)33-14-4-1-5-15-33/h1-32H. The van der Waals surface area contributed by atoms with E-state index >= 15 is 0 Å². The van der Waals surface area contributed by atoms with Crippen LogP contribution in [-0.2, 0) is 0 Å². The first-order valence-corrected chi connectivity index (χ1v) is 18.5. The molecule has 0 saturated heterocycles. The zero-order valence-corrected chi connectivity index (χ0v) is 30.4. The van der Waals surface area contributed by atoms with Crippen molar-refractivity contribution in [3.63, 3.8) is 0 Å². The van der Waals surface area contributed by atoms with E-state index in [9.17, 15) is 0 Å². The number of nitrogens with zero attached hydrogens (tertiary/aromatic N) is 3. The molecule has 4 heteroatoms. The molecule has 0 atom stereocenters. The molecule has 53 heavy (non-hydrogen) atoms. The molecule has 0 spiro atoms. The van der Waals surface area contributed by atoms with Gasteiger partial charge in [0.2, 0.25) is 0 Å². The number of hydrogen-bond donors (Lipinski definition) is 0. The van der Waals surface area contributed by atoms with Crippen LogP contribution in [0.3, 0.4) is 0 Å². The van der Waals surface area contributed by atoms with E-state index in [1.54, 1.807) is 0 Å². The van der Waals surface area contributed by atoms with Crippen molar-refractivity contribution in [3.8, 4) is 78.7 Å². The van der Waals surface area contributed by atoms with Crippen molar-refractivity contribution in [1.82, 2.24) is 15.0 Å². The third kappa shape index (κ3) is 6.47. The monoisotopic (exact) mass is 742 g/mol. The van der Waals surface area contributed by atoms with Gasteiger partial charge in [0.25, 0.3) is 0 Å². The predicted molar refractivity (Wildman–Crippen MR) is 221 cm³/mol. The Hall–Kier alpha value is -6.45. The van der Waals surface area contributed by atoms with Crippen LogP contribution in [0, 0.1) is 0 Å². The van der Waals surface area contributed by atoms with Crippen molar-refractivity contribution in [2.24, 2.45) is 0 Å². The molecule has 3 nitrogen and oxygen atoms in total. The van der Waals surface area contributed by atoms with E-state index in [0.717, 1.165) is 48.6 Å². The number of benzene rings is 8. The molecule has 0 aliphatic heterocycles. The van der Waals surface area contributed by atoms with Crippen LogP contribution in [0.1, 0.15) is 0 Å².